The summed E-state index contributed by atoms with van der Waals surface area (Å²) in [4.78, 5) is 15.6. The third-order valence-corrected chi connectivity index (χ3v) is 2.30. The molecule has 1 amide bonds. The van der Waals surface area contributed by atoms with Crippen LogP contribution in [0, 0.1) is 0 Å². The molecule has 0 saturated heterocycles. The van der Waals surface area contributed by atoms with E-state index in [0.717, 1.165) is 19.5 Å². The largest absolute Gasteiger partial charge is 0.383 e. The summed E-state index contributed by atoms with van der Waals surface area (Å²) >= 11 is 0. The van der Waals surface area contributed by atoms with Gasteiger partial charge in [-0.15, -0.1) is 0 Å². The molecule has 96 valence electrons. The number of methoxy groups -OCH3 is 1. The van der Waals surface area contributed by atoms with E-state index >= 15 is 0 Å². The van der Waals surface area contributed by atoms with E-state index in [9.17, 15) is 4.79 Å². The van der Waals surface area contributed by atoms with Crippen LogP contribution < -0.4 is 5.73 Å². The normalized spacial score (nSPS) is 12.9. The first-order valence-corrected chi connectivity index (χ1v) is 5.67. The van der Waals surface area contributed by atoms with Crippen LogP contribution in [0.1, 0.15) is 13.3 Å². The predicted molar refractivity (Wildman–Crippen MR) is 65.3 cm³/mol. The second-order valence-electron chi connectivity index (χ2n) is 4.26. The fourth-order valence-corrected chi connectivity index (χ4v) is 1.40. The molecule has 1 atom stereocenters. The second kappa shape index (κ2) is 8.50. The van der Waals surface area contributed by atoms with E-state index in [1.54, 1.807) is 18.9 Å². The molecule has 0 aromatic carbocycles. The van der Waals surface area contributed by atoms with Crippen LogP contribution >= 0.6 is 0 Å². The third-order valence-electron chi connectivity index (χ3n) is 2.30. The molecule has 0 fully saturated rings. The summed E-state index contributed by atoms with van der Waals surface area (Å²) in [6, 6.07) is -0.434. The number of rotatable bonds is 8. The number of carbonyl (C=O) groups is 1. The Morgan fingerprint density at radius 1 is 1.31 bits per heavy atom. The maximum Gasteiger partial charge on any atom is 0.239 e. The lowest BCUT2D eigenvalue weighted by molar-refractivity contribution is -0.132. The van der Waals surface area contributed by atoms with Crippen molar-refractivity contribution in [1.29, 1.82) is 0 Å². The average Bonchev–Trinajstić information content (AvgIpc) is 2.21. The molecule has 0 aliphatic carbocycles. The SMILES string of the molecule is COCCN(CCCN(C)C)C(=O)[C@@H](C)N. The molecule has 16 heavy (non-hydrogen) atoms. The minimum Gasteiger partial charge on any atom is -0.383 e. The van der Waals surface area contributed by atoms with Gasteiger partial charge in [0.2, 0.25) is 5.91 Å². The van der Waals surface area contributed by atoms with Crippen LogP contribution in [-0.4, -0.2) is 69.2 Å². The molecular formula is C11H25N3O2. The summed E-state index contributed by atoms with van der Waals surface area (Å²) in [5.41, 5.74) is 5.60. The van der Waals surface area contributed by atoms with Gasteiger partial charge in [0.1, 0.15) is 0 Å². The standard InChI is InChI=1S/C11H25N3O2/c1-10(12)11(15)14(8-9-16-4)7-5-6-13(2)3/h10H,5-9,12H2,1-4H3/t10-/m1/s1. The lowest BCUT2D eigenvalue weighted by Gasteiger charge is -2.24. The molecular weight excluding hydrogens is 206 g/mol. The Balaban J connectivity index is 4.04. The van der Waals surface area contributed by atoms with Gasteiger partial charge in [0, 0.05) is 20.2 Å². The van der Waals surface area contributed by atoms with Gasteiger partial charge in [0.25, 0.3) is 0 Å². The molecule has 0 aromatic rings. The summed E-state index contributed by atoms with van der Waals surface area (Å²) in [5, 5.41) is 0. The van der Waals surface area contributed by atoms with Gasteiger partial charge in [-0.2, -0.15) is 0 Å². The predicted octanol–water partition coefficient (Wildman–Crippen LogP) is -0.240. The molecule has 5 nitrogen and oxygen atoms in total. The van der Waals surface area contributed by atoms with Crippen LogP contribution in [0.25, 0.3) is 0 Å². The van der Waals surface area contributed by atoms with Crippen LogP contribution in [0.15, 0.2) is 0 Å². The number of amides is 1. The Labute approximate surface area is 98.5 Å². The highest BCUT2D eigenvalue weighted by atomic mass is 16.5. The molecule has 5 heteroatoms. The second-order valence-corrected chi connectivity index (χ2v) is 4.26. The molecule has 2 N–H and O–H groups in total. The Kier molecular flexibility index (Phi) is 8.15. The van der Waals surface area contributed by atoms with Crippen LogP contribution in [0.2, 0.25) is 0 Å². The highest BCUT2D eigenvalue weighted by Gasteiger charge is 2.16. The molecule has 0 unspecified atom stereocenters. The van der Waals surface area contributed by atoms with E-state index in [1.807, 2.05) is 14.1 Å². The van der Waals surface area contributed by atoms with Gasteiger partial charge in [-0.3, -0.25) is 4.79 Å². The number of ether oxygens (including phenoxy) is 1. The number of nitrogens with two attached hydrogens (primary N) is 1. The van der Waals surface area contributed by atoms with Gasteiger partial charge in [-0.25, -0.2) is 0 Å². The quantitative estimate of drug-likeness (QED) is 0.626. The van der Waals surface area contributed by atoms with E-state index in [-0.39, 0.29) is 5.91 Å². The van der Waals surface area contributed by atoms with Crippen molar-refractivity contribution in [3.05, 3.63) is 0 Å². The minimum absolute atomic E-state index is 0.00388. The molecule has 0 radical (unpaired) electrons. The van der Waals surface area contributed by atoms with Gasteiger partial charge >= 0.3 is 0 Å². The maximum atomic E-state index is 11.8. The monoisotopic (exact) mass is 231 g/mol. The number of hydrogen-bond donors (Lipinski definition) is 1. The van der Waals surface area contributed by atoms with Crippen molar-refractivity contribution in [2.75, 3.05) is 47.4 Å². The topological polar surface area (TPSA) is 58.8 Å². The molecule has 0 spiro atoms. The van der Waals surface area contributed by atoms with Crippen LogP contribution in [0.5, 0.6) is 0 Å². The van der Waals surface area contributed by atoms with Crippen molar-refractivity contribution in [3.63, 3.8) is 0 Å². The third kappa shape index (κ3) is 6.76. The van der Waals surface area contributed by atoms with Gasteiger partial charge in [0.15, 0.2) is 0 Å². The molecule has 0 saturated carbocycles. The maximum absolute atomic E-state index is 11.8. The van der Waals surface area contributed by atoms with Crippen molar-refractivity contribution in [2.45, 2.75) is 19.4 Å². The fraction of sp³-hybridized carbons (Fsp3) is 0.909. The number of hydrogen-bond acceptors (Lipinski definition) is 4. The van der Waals surface area contributed by atoms with Gasteiger partial charge in [-0.05, 0) is 34.0 Å². The van der Waals surface area contributed by atoms with Crippen molar-refractivity contribution >= 4 is 5.91 Å². The molecule has 0 aromatic heterocycles. The zero-order valence-electron chi connectivity index (χ0n) is 10.9. The molecule has 0 aliphatic heterocycles. The highest BCUT2D eigenvalue weighted by molar-refractivity contribution is 5.81. The first-order valence-electron chi connectivity index (χ1n) is 5.67. The van der Waals surface area contributed by atoms with Gasteiger partial charge < -0.3 is 20.3 Å². The summed E-state index contributed by atoms with van der Waals surface area (Å²) < 4.78 is 4.98. The van der Waals surface area contributed by atoms with Gasteiger partial charge in [-0.1, -0.05) is 0 Å². The van der Waals surface area contributed by atoms with Crippen LogP contribution in [-0.2, 0) is 9.53 Å². The van der Waals surface area contributed by atoms with Crippen molar-refractivity contribution in [1.82, 2.24) is 9.80 Å². The average molecular weight is 231 g/mol. The first kappa shape index (κ1) is 15.3. The van der Waals surface area contributed by atoms with Crippen LogP contribution in [0.4, 0.5) is 0 Å². The van der Waals surface area contributed by atoms with E-state index < -0.39 is 6.04 Å². The number of carbonyl (C=O) groups excluding carboxylic acids is 1. The molecule has 0 aliphatic rings. The Bertz CT molecular complexity index is 196. The van der Waals surface area contributed by atoms with Crippen molar-refractivity contribution in [3.8, 4) is 0 Å². The minimum atomic E-state index is -0.434. The van der Waals surface area contributed by atoms with Gasteiger partial charge in [0.05, 0.1) is 12.6 Å². The van der Waals surface area contributed by atoms with Crippen LogP contribution in [0.3, 0.4) is 0 Å². The molecule has 0 heterocycles. The Hall–Kier alpha value is -0.650. The zero-order chi connectivity index (χ0) is 12.6. The van der Waals surface area contributed by atoms with E-state index in [2.05, 4.69) is 4.90 Å². The molecule has 0 rings (SSSR count). The Morgan fingerprint density at radius 3 is 2.38 bits per heavy atom. The summed E-state index contributed by atoms with van der Waals surface area (Å²) in [6.45, 7) is 4.59. The zero-order valence-corrected chi connectivity index (χ0v) is 10.9. The highest BCUT2D eigenvalue weighted by Crippen LogP contribution is 1.97. The molecule has 0 bridgehead atoms. The summed E-state index contributed by atoms with van der Waals surface area (Å²) in [5.74, 6) is -0.00388. The Morgan fingerprint density at radius 2 is 1.94 bits per heavy atom. The fourth-order valence-electron chi connectivity index (χ4n) is 1.40. The van der Waals surface area contributed by atoms with E-state index in [4.69, 9.17) is 10.5 Å². The van der Waals surface area contributed by atoms with Crippen molar-refractivity contribution in [2.24, 2.45) is 5.73 Å². The van der Waals surface area contributed by atoms with Crippen molar-refractivity contribution < 1.29 is 9.53 Å². The summed E-state index contributed by atoms with van der Waals surface area (Å²) in [6.07, 6.45) is 0.954. The first-order chi connectivity index (χ1) is 7.49. The van der Waals surface area contributed by atoms with E-state index in [1.165, 1.54) is 0 Å². The summed E-state index contributed by atoms with van der Waals surface area (Å²) in [7, 11) is 5.67. The lowest BCUT2D eigenvalue weighted by Crippen LogP contribution is -2.44. The smallest absolute Gasteiger partial charge is 0.239 e. The number of nitrogens with zero attached hydrogens (tertiary/aromatic N) is 2. The van der Waals surface area contributed by atoms with E-state index in [0.29, 0.717) is 13.2 Å². The lowest BCUT2D eigenvalue weighted by atomic mass is 10.2.